The molecule has 288 valence electrons. The molecule has 0 aliphatic heterocycles. The van der Waals surface area contributed by atoms with E-state index in [4.69, 9.17) is 20.9 Å². The molecular weight excluding hydrogens is 677 g/mol. The van der Waals surface area contributed by atoms with Crippen LogP contribution >= 0.6 is 0 Å². The van der Waals surface area contributed by atoms with Crippen LogP contribution < -0.4 is 31.6 Å². The van der Waals surface area contributed by atoms with Crippen LogP contribution in [0, 0.1) is 0 Å². The van der Waals surface area contributed by atoms with Crippen LogP contribution in [0.5, 0.6) is 11.5 Å². The third-order valence-electron chi connectivity index (χ3n) is 10.3. The number of rotatable bonds is 20. The van der Waals surface area contributed by atoms with Gasteiger partial charge >= 0.3 is 18.2 Å². The van der Waals surface area contributed by atoms with Gasteiger partial charge in [0.25, 0.3) is 0 Å². The molecule has 0 radical (unpaired) electrons. The van der Waals surface area contributed by atoms with Gasteiger partial charge in [-0.05, 0) is 84.0 Å². The van der Waals surface area contributed by atoms with Crippen LogP contribution in [-0.2, 0) is 23.7 Å². The van der Waals surface area contributed by atoms with Crippen LogP contribution in [0.2, 0.25) is 0 Å². The Labute approximate surface area is 321 Å². The summed E-state index contributed by atoms with van der Waals surface area (Å²) < 4.78 is 10.7. The van der Waals surface area contributed by atoms with E-state index in [9.17, 15) is 14.4 Å². The molecule has 0 aliphatic carbocycles. The number of aryl methyl sites for hydroxylation is 2. The monoisotopic (exact) mass is 734 g/mol. The van der Waals surface area contributed by atoms with Crippen molar-refractivity contribution in [2.45, 2.75) is 103 Å². The van der Waals surface area contributed by atoms with Crippen molar-refractivity contribution < 1.29 is 23.9 Å². The third kappa shape index (κ3) is 12.4. The van der Waals surface area contributed by atoms with Gasteiger partial charge in [-0.2, -0.15) is 0 Å². The predicted octanol–water partition coefficient (Wildman–Crippen LogP) is 9.46. The summed E-state index contributed by atoms with van der Waals surface area (Å²) in [5.74, 6) is 1.01. The Bertz CT molecular complexity index is 1680. The molecule has 4 amide bonds. The summed E-state index contributed by atoms with van der Waals surface area (Å²) >= 11 is 0. The Kier molecular flexibility index (Phi) is 15.5. The molecule has 0 bridgehead atoms. The van der Waals surface area contributed by atoms with Crippen LogP contribution in [0.25, 0.3) is 0 Å². The van der Waals surface area contributed by atoms with Crippen molar-refractivity contribution in [3.8, 4) is 11.5 Å². The van der Waals surface area contributed by atoms with Gasteiger partial charge in [0.2, 0.25) is 0 Å². The van der Waals surface area contributed by atoms with E-state index in [1.165, 1.54) is 11.1 Å². The number of carbonyl (C=O) groups excluding carboxylic acids is 3. The zero-order valence-electron chi connectivity index (χ0n) is 32.4. The van der Waals surface area contributed by atoms with Crippen molar-refractivity contribution in [2.75, 3.05) is 13.1 Å². The van der Waals surface area contributed by atoms with E-state index in [0.717, 1.165) is 86.5 Å². The van der Waals surface area contributed by atoms with Crippen LogP contribution in [0.4, 0.5) is 14.4 Å². The van der Waals surface area contributed by atoms with Crippen molar-refractivity contribution in [2.24, 2.45) is 11.5 Å². The lowest BCUT2D eigenvalue weighted by molar-refractivity contribution is 0.209. The molecule has 4 aromatic rings. The molecule has 0 spiro atoms. The molecule has 4 rings (SSSR count). The van der Waals surface area contributed by atoms with Gasteiger partial charge < -0.3 is 31.6 Å². The van der Waals surface area contributed by atoms with Crippen molar-refractivity contribution in [3.05, 3.63) is 130 Å². The van der Waals surface area contributed by atoms with Gasteiger partial charge in [-0.1, -0.05) is 138 Å². The first-order chi connectivity index (χ1) is 25.9. The standard InChI is InChI=1S/C45H58N4O5/c1-44(2,35-21-13-9-14-22-35)37-25-27-39(53-41(46)50)33(31-37)19-11-5-7-17-29-48-43(52)49-30-18-8-6-12-20-34-32-38(26-28-40(34)54-42(47)51)45(3,4)36-23-15-10-16-24-36/h9-10,13-16,21-28,31-32H,5-8,11-12,17-20,29-30H2,1-4H3,(H2,46,50)(H2,47,51)(H2,48,49,52). The highest BCUT2D eigenvalue weighted by Crippen LogP contribution is 2.36. The molecule has 0 unspecified atom stereocenters. The van der Waals surface area contributed by atoms with Gasteiger partial charge in [0, 0.05) is 23.9 Å². The maximum atomic E-state index is 12.3. The smallest absolute Gasteiger partial charge is 0.409 e. The summed E-state index contributed by atoms with van der Waals surface area (Å²) in [5.41, 5.74) is 16.9. The first-order valence-corrected chi connectivity index (χ1v) is 19.2. The molecule has 0 aromatic heterocycles. The van der Waals surface area contributed by atoms with E-state index < -0.39 is 12.2 Å². The number of hydrogen-bond acceptors (Lipinski definition) is 5. The second-order valence-electron chi connectivity index (χ2n) is 15.0. The van der Waals surface area contributed by atoms with Gasteiger partial charge in [-0.25, -0.2) is 14.4 Å². The van der Waals surface area contributed by atoms with Crippen LogP contribution in [0.3, 0.4) is 0 Å². The molecule has 0 saturated heterocycles. The topological polar surface area (TPSA) is 146 Å². The normalized spacial score (nSPS) is 11.5. The number of carbonyl (C=O) groups is 3. The second-order valence-corrected chi connectivity index (χ2v) is 15.0. The maximum Gasteiger partial charge on any atom is 0.409 e. The summed E-state index contributed by atoms with van der Waals surface area (Å²) in [7, 11) is 0. The largest absolute Gasteiger partial charge is 0.410 e. The Morgan fingerprint density at radius 3 is 1.24 bits per heavy atom. The lowest BCUT2D eigenvalue weighted by atomic mass is 9.77. The third-order valence-corrected chi connectivity index (χ3v) is 10.3. The Hall–Kier alpha value is -5.31. The second kappa shape index (κ2) is 20.2. The molecule has 9 heteroatoms. The maximum absolute atomic E-state index is 12.3. The Morgan fingerprint density at radius 2 is 0.870 bits per heavy atom. The number of nitrogens with two attached hydrogens (primary N) is 2. The van der Waals surface area contributed by atoms with Crippen molar-refractivity contribution in [1.29, 1.82) is 0 Å². The minimum Gasteiger partial charge on any atom is -0.410 e. The minimum absolute atomic E-state index is 0.146. The molecule has 54 heavy (non-hydrogen) atoms. The lowest BCUT2D eigenvalue weighted by Crippen LogP contribution is -2.36. The quantitative estimate of drug-likeness (QED) is 0.0669. The van der Waals surface area contributed by atoms with Crippen LogP contribution in [0.15, 0.2) is 97.1 Å². The number of urea groups is 1. The van der Waals surface area contributed by atoms with Crippen LogP contribution in [-0.4, -0.2) is 31.3 Å². The van der Waals surface area contributed by atoms with Gasteiger partial charge in [0.05, 0.1) is 0 Å². The molecule has 9 nitrogen and oxygen atoms in total. The highest BCUT2D eigenvalue weighted by Gasteiger charge is 2.25. The zero-order valence-corrected chi connectivity index (χ0v) is 32.4. The molecule has 0 heterocycles. The number of unbranched alkanes of at least 4 members (excludes halogenated alkanes) is 6. The van der Waals surface area contributed by atoms with Gasteiger partial charge in [-0.15, -0.1) is 0 Å². The fraction of sp³-hybridized carbons (Fsp3) is 0.400. The molecular formula is C45H58N4O5. The van der Waals surface area contributed by atoms with E-state index in [0.29, 0.717) is 24.6 Å². The van der Waals surface area contributed by atoms with E-state index in [-0.39, 0.29) is 16.9 Å². The highest BCUT2D eigenvalue weighted by atomic mass is 16.6. The van der Waals surface area contributed by atoms with E-state index in [2.05, 4.69) is 74.7 Å². The number of nitrogens with one attached hydrogen (secondary N) is 2. The van der Waals surface area contributed by atoms with Crippen molar-refractivity contribution in [1.82, 2.24) is 10.6 Å². The molecule has 6 N–H and O–H groups in total. The molecule has 0 aliphatic rings. The van der Waals surface area contributed by atoms with Gasteiger partial charge in [0.1, 0.15) is 11.5 Å². The fourth-order valence-corrected chi connectivity index (χ4v) is 6.84. The zero-order chi connectivity index (χ0) is 39.0. The van der Waals surface area contributed by atoms with Crippen molar-refractivity contribution in [3.63, 3.8) is 0 Å². The Balaban J connectivity index is 1.12. The number of benzene rings is 4. The molecule has 0 fully saturated rings. The summed E-state index contributed by atoms with van der Waals surface area (Å²) in [4.78, 5) is 35.5. The lowest BCUT2D eigenvalue weighted by Gasteiger charge is -2.27. The number of ether oxygens (including phenoxy) is 2. The summed E-state index contributed by atoms with van der Waals surface area (Å²) in [6.45, 7) is 9.98. The first-order valence-electron chi connectivity index (χ1n) is 19.2. The summed E-state index contributed by atoms with van der Waals surface area (Å²) in [6.07, 6.45) is 7.41. The molecule has 0 atom stereocenters. The average molecular weight is 735 g/mol. The molecule has 4 aromatic carbocycles. The predicted molar refractivity (Wildman–Crippen MR) is 216 cm³/mol. The van der Waals surface area contributed by atoms with Gasteiger partial charge in [0.15, 0.2) is 0 Å². The van der Waals surface area contributed by atoms with E-state index in [1.807, 2.05) is 60.7 Å². The summed E-state index contributed by atoms with van der Waals surface area (Å²) in [5, 5.41) is 5.93. The highest BCUT2D eigenvalue weighted by molar-refractivity contribution is 5.73. The number of primary amides is 2. The average Bonchev–Trinajstić information content (AvgIpc) is 3.15. The molecule has 0 saturated carbocycles. The SMILES string of the molecule is CC(C)(c1ccccc1)c1ccc(OC(N)=O)c(CCCCCCNC(=O)NCCCCCCc2cc(C(C)(C)c3ccccc3)ccc2OC(N)=O)c1. The minimum atomic E-state index is -0.816. The van der Waals surface area contributed by atoms with Crippen LogP contribution in [0.1, 0.15) is 112 Å². The Morgan fingerprint density at radius 1 is 0.500 bits per heavy atom. The number of hydrogen-bond donors (Lipinski definition) is 4. The van der Waals surface area contributed by atoms with Crippen molar-refractivity contribution >= 4 is 18.2 Å². The van der Waals surface area contributed by atoms with E-state index in [1.54, 1.807) is 0 Å². The first kappa shape index (κ1) is 41.4. The summed E-state index contributed by atoms with van der Waals surface area (Å²) in [6, 6.07) is 32.5. The fourth-order valence-electron chi connectivity index (χ4n) is 6.84. The van der Waals surface area contributed by atoms with Gasteiger partial charge in [-0.3, -0.25) is 0 Å². The van der Waals surface area contributed by atoms with E-state index >= 15 is 0 Å². The number of amides is 4.